The molecule has 1 aliphatic carbocycles. The second-order valence-electron chi connectivity index (χ2n) is 4.77. The van der Waals surface area contributed by atoms with E-state index in [2.05, 4.69) is 28.1 Å². The first-order valence-electron chi connectivity index (χ1n) is 6.26. The fourth-order valence-corrected chi connectivity index (χ4v) is 3.09. The van der Waals surface area contributed by atoms with Gasteiger partial charge >= 0.3 is 5.97 Å². The average molecular weight is 312 g/mol. The Labute approximate surface area is 116 Å². The van der Waals surface area contributed by atoms with E-state index in [1.165, 1.54) is 11.1 Å². The Hall–Kier alpha value is -0.870. The highest BCUT2D eigenvalue weighted by Crippen LogP contribution is 2.42. The zero-order valence-corrected chi connectivity index (χ0v) is 12.1. The summed E-state index contributed by atoms with van der Waals surface area (Å²) in [7, 11) is 0. The van der Waals surface area contributed by atoms with Gasteiger partial charge in [-0.1, -0.05) is 22.0 Å². The molecule has 0 spiro atoms. The van der Waals surface area contributed by atoms with Gasteiger partial charge in [-0.25, -0.2) is 0 Å². The Morgan fingerprint density at radius 1 is 1.56 bits per heavy atom. The number of ether oxygens (including phenoxy) is 1. The summed E-state index contributed by atoms with van der Waals surface area (Å²) in [5, 5.41) is 0. The molecule has 2 N–H and O–H groups in total. The molecule has 0 heterocycles. The smallest absolute Gasteiger partial charge is 0.306 e. The van der Waals surface area contributed by atoms with Gasteiger partial charge in [0.25, 0.3) is 0 Å². The molecule has 2 rings (SSSR count). The van der Waals surface area contributed by atoms with Crippen LogP contribution in [-0.2, 0) is 21.4 Å². The number of rotatable bonds is 4. The minimum atomic E-state index is -0.245. The van der Waals surface area contributed by atoms with E-state index in [9.17, 15) is 4.79 Å². The number of fused-ring (bicyclic) bond motifs is 1. The third-order valence-corrected chi connectivity index (χ3v) is 4.19. The van der Waals surface area contributed by atoms with E-state index in [1.807, 2.05) is 13.0 Å². The summed E-state index contributed by atoms with van der Waals surface area (Å²) in [5.74, 6) is -0.157. The molecule has 0 aromatic heterocycles. The normalized spacial score (nSPS) is 21.7. The van der Waals surface area contributed by atoms with Gasteiger partial charge in [-0.3, -0.25) is 4.79 Å². The fourth-order valence-electron chi connectivity index (χ4n) is 2.73. The first-order chi connectivity index (χ1) is 8.61. The zero-order chi connectivity index (χ0) is 13.2. The lowest BCUT2D eigenvalue weighted by Crippen LogP contribution is -2.35. The van der Waals surface area contributed by atoms with Crippen molar-refractivity contribution in [2.75, 3.05) is 13.2 Å². The van der Waals surface area contributed by atoms with E-state index < -0.39 is 0 Å². The number of carbonyl (C=O) groups excluding carboxylic acids is 1. The van der Waals surface area contributed by atoms with Crippen LogP contribution in [0.3, 0.4) is 0 Å². The Morgan fingerprint density at radius 3 is 3.00 bits per heavy atom. The van der Waals surface area contributed by atoms with Crippen molar-refractivity contribution < 1.29 is 9.53 Å². The SMILES string of the molecule is CCOC(=O)CC1(CN)CCc2ccc(Br)cc21. The topological polar surface area (TPSA) is 52.3 Å². The Morgan fingerprint density at radius 2 is 2.33 bits per heavy atom. The maximum absolute atomic E-state index is 11.8. The van der Waals surface area contributed by atoms with E-state index in [-0.39, 0.29) is 11.4 Å². The monoisotopic (exact) mass is 311 g/mol. The van der Waals surface area contributed by atoms with Crippen molar-refractivity contribution in [3.63, 3.8) is 0 Å². The predicted octanol–water partition coefficient (Wildman–Crippen LogP) is 2.55. The van der Waals surface area contributed by atoms with Crippen LogP contribution in [0.1, 0.15) is 30.9 Å². The molecule has 0 saturated carbocycles. The van der Waals surface area contributed by atoms with E-state index in [0.717, 1.165) is 17.3 Å². The van der Waals surface area contributed by atoms with Gasteiger partial charge in [0.1, 0.15) is 0 Å². The number of halogens is 1. The Balaban J connectivity index is 2.31. The van der Waals surface area contributed by atoms with Crippen molar-refractivity contribution in [1.82, 2.24) is 0 Å². The molecule has 0 amide bonds. The van der Waals surface area contributed by atoms with Gasteiger partial charge in [0.15, 0.2) is 0 Å². The third-order valence-electron chi connectivity index (χ3n) is 3.69. The molecule has 0 radical (unpaired) electrons. The lowest BCUT2D eigenvalue weighted by molar-refractivity contribution is -0.144. The van der Waals surface area contributed by atoms with Crippen LogP contribution in [0, 0.1) is 0 Å². The summed E-state index contributed by atoms with van der Waals surface area (Å²) in [6.45, 7) is 2.73. The Kier molecular flexibility index (Phi) is 4.07. The van der Waals surface area contributed by atoms with Gasteiger partial charge in [-0.05, 0) is 43.0 Å². The van der Waals surface area contributed by atoms with E-state index in [0.29, 0.717) is 19.6 Å². The molecule has 0 saturated heterocycles. The zero-order valence-electron chi connectivity index (χ0n) is 10.5. The molecule has 4 heteroatoms. The van der Waals surface area contributed by atoms with Gasteiger partial charge in [0.05, 0.1) is 13.0 Å². The van der Waals surface area contributed by atoms with Gasteiger partial charge in [-0.15, -0.1) is 0 Å². The molecule has 98 valence electrons. The molecule has 1 aromatic carbocycles. The van der Waals surface area contributed by atoms with Crippen LogP contribution in [0.5, 0.6) is 0 Å². The molecular weight excluding hydrogens is 294 g/mol. The van der Waals surface area contributed by atoms with E-state index in [4.69, 9.17) is 10.5 Å². The van der Waals surface area contributed by atoms with E-state index in [1.54, 1.807) is 0 Å². The average Bonchev–Trinajstić information content (AvgIpc) is 2.69. The standard InChI is InChI=1S/C14H18BrNO2/c1-2-18-13(17)8-14(9-16)6-5-10-3-4-11(15)7-12(10)14/h3-4,7H,2,5-6,8-9,16H2,1H3. The number of aryl methyl sites for hydroxylation is 1. The highest BCUT2D eigenvalue weighted by atomic mass is 79.9. The van der Waals surface area contributed by atoms with Crippen LogP contribution >= 0.6 is 15.9 Å². The maximum atomic E-state index is 11.8. The lowest BCUT2D eigenvalue weighted by atomic mass is 9.79. The molecule has 1 atom stereocenters. The van der Waals surface area contributed by atoms with Gasteiger partial charge in [0.2, 0.25) is 0 Å². The third kappa shape index (κ3) is 2.45. The molecule has 1 aromatic rings. The summed E-state index contributed by atoms with van der Waals surface area (Å²) in [4.78, 5) is 11.8. The van der Waals surface area contributed by atoms with Gasteiger partial charge in [-0.2, -0.15) is 0 Å². The number of hydrogen-bond acceptors (Lipinski definition) is 3. The fraction of sp³-hybridized carbons (Fsp3) is 0.500. The van der Waals surface area contributed by atoms with Crippen LogP contribution in [0.2, 0.25) is 0 Å². The van der Waals surface area contributed by atoms with E-state index >= 15 is 0 Å². The number of esters is 1. The quantitative estimate of drug-likeness (QED) is 0.869. The largest absolute Gasteiger partial charge is 0.466 e. The molecule has 0 bridgehead atoms. The first-order valence-corrected chi connectivity index (χ1v) is 7.05. The minimum absolute atomic E-state index is 0.157. The summed E-state index contributed by atoms with van der Waals surface area (Å²) in [5.41, 5.74) is 8.21. The van der Waals surface area contributed by atoms with Gasteiger partial charge in [0, 0.05) is 16.4 Å². The summed E-state index contributed by atoms with van der Waals surface area (Å²) in [6.07, 6.45) is 2.29. The number of nitrogens with two attached hydrogens (primary N) is 1. The minimum Gasteiger partial charge on any atom is -0.466 e. The van der Waals surface area contributed by atoms with Crippen molar-refractivity contribution >= 4 is 21.9 Å². The number of benzene rings is 1. The van der Waals surface area contributed by atoms with Crippen molar-refractivity contribution in [3.8, 4) is 0 Å². The predicted molar refractivity (Wildman–Crippen MR) is 74.4 cm³/mol. The molecular formula is C14H18BrNO2. The first kappa shape index (κ1) is 13.6. The molecule has 0 fully saturated rings. The second-order valence-corrected chi connectivity index (χ2v) is 5.68. The highest BCUT2D eigenvalue weighted by Gasteiger charge is 2.39. The summed E-state index contributed by atoms with van der Waals surface area (Å²) in [6, 6.07) is 6.24. The Bertz CT molecular complexity index is 461. The molecule has 1 unspecified atom stereocenters. The van der Waals surface area contributed by atoms with Crippen molar-refractivity contribution in [2.24, 2.45) is 5.73 Å². The number of hydrogen-bond donors (Lipinski definition) is 1. The van der Waals surface area contributed by atoms with Crippen LogP contribution in [0.25, 0.3) is 0 Å². The van der Waals surface area contributed by atoms with Crippen molar-refractivity contribution in [2.45, 2.75) is 31.6 Å². The number of carbonyl (C=O) groups is 1. The molecule has 1 aliphatic rings. The van der Waals surface area contributed by atoms with Gasteiger partial charge < -0.3 is 10.5 Å². The van der Waals surface area contributed by atoms with Crippen LogP contribution in [0.4, 0.5) is 0 Å². The van der Waals surface area contributed by atoms with Crippen LogP contribution in [0.15, 0.2) is 22.7 Å². The molecule has 18 heavy (non-hydrogen) atoms. The van der Waals surface area contributed by atoms with Crippen molar-refractivity contribution in [1.29, 1.82) is 0 Å². The van der Waals surface area contributed by atoms with Crippen LogP contribution < -0.4 is 5.73 Å². The highest BCUT2D eigenvalue weighted by molar-refractivity contribution is 9.10. The molecule has 0 aliphatic heterocycles. The van der Waals surface area contributed by atoms with Crippen LogP contribution in [-0.4, -0.2) is 19.1 Å². The second kappa shape index (κ2) is 5.41. The van der Waals surface area contributed by atoms with Crippen molar-refractivity contribution in [3.05, 3.63) is 33.8 Å². The molecule has 3 nitrogen and oxygen atoms in total. The summed E-state index contributed by atoms with van der Waals surface area (Å²) >= 11 is 3.49. The summed E-state index contributed by atoms with van der Waals surface area (Å²) < 4.78 is 6.10. The lowest BCUT2D eigenvalue weighted by Gasteiger charge is -2.28. The maximum Gasteiger partial charge on any atom is 0.306 e.